The Labute approximate surface area is 106 Å². The van der Waals surface area contributed by atoms with Crippen molar-refractivity contribution in [2.24, 2.45) is 0 Å². The standard InChI is InChI=1S/C10H8Cl2N2O3/c1-5(9-13-14-10(15)17-9)16-8-3-2-6(11)4-7(8)12/h2-5H,1H3,(H,14,15). The van der Waals surface area contributed by atoms with E-state index >= 15 is 0 Å². The summed E-state index contributed by atoms with van der Waals surface area (Å²) in [5, 5.41) is 6.71. The van der Waals surface area contributed by atoms with Crippen LogP contribution >= 0.6 is 23.2 Å². The summed E-state index contributed by atoms with van der Waals surface area (Å²) in [5.41, 5.74) is 0. The number of nitrogens with one attached hydrogen (secondary N) is 1. The fourth-order valence-corrected chi connectivity index (χ4v) is 1.68. The van der Waals surface area contributed by atoms with E-state index in [4.69, 9.17) is 32.4 Å². The Kier molecular flexibility index (Phi) is 3.40. The topological polar surface area (TPSA) is 68.1 Å². The van der Waals surface area contributed by atoms with Gasteiger partial charge in [-0.25, -0.2) is 9.89 Å². The molecule has 1 aromatic heterocycles. The van der Waals surface area contributed by atoms with E-state index in [1.54, 1.807) is 25.1 Å². The number of rotatable bonds is 3. The average molecular weight is 275 g/mol. The van der Waals surface area contributed by atoms with Gasteiger partial charge in [0.05, 0.1) is 5.02 Å². The zero-order valence-corrected chi connectivity index (χ0v) is 10.2. The number of hydrogen-bond acceptors (Lipinski definition) is 4. The molecule has 5 nitrogen and oxygen atoms in total. The first kappa shape index (κ1) is 12.0. The van der Waals surface area contributed by atoms with Crippen LogP contribution in [-0.4, -0.2) is 10.2 Å². The van der Waals surface area contributed by atoms with Gasteiger partial charge in [-0.15, -0.1) is 5.10 Å². The number of benzene rings is 1. The van der Waals surface area contributed by atoms with Gasteiger partial charge in [-0.1, -0.05) is 23.2 Å². The second kappa shape index (κ2) is 4.81. The Morgan fingerprint density at radius 1 is 1.47 bits per heavy atom. The fourth-order valence-electron chi connectivity index (χ4n) is 1.23. The zero-order chi connectivity index (χ0) is 12.4. The van der Waals surface area contributed by atoms with Crippen LogP contribution in [0.15, 0.2) is 27.4 Å². The molecule has 1 atom stereocenters. The summed E-state index contributed by atoms with van der Waals surface area (Å²) in [6.07, 6.45) is -0.535. The largest absolute Gasteiger partial charge is 0.479 e. The molecule has 0 amide bonds. The lowest BCUT2D eigenvalue weighted by Crippen LogP contribution is -2.04. The highest BCUT2D eigenvalue weighted by Gasteiger charge is 2.15. The summed E-state index contributed by atoms with van der Waals surface area (Å²) < 4.78 is 10.3. The molecule has 0 fully saturated rings. The Bertz CT molecular complexity index is 579. The molecule has 2 aromatic rings. The minimum absolute atomic E-state index is 0.154. The average Bonchev–Trinajstić information content (AvgIpc) is 2.69. The van der Waals surface area contributed by atoms with Crippen molar-refractivity contribution in [3.63, 3.8) is 0 Å². The van der Waals surface area contributed by atoms with Crippen LogP contribution in [0, 0.1) is 0 Å². The summed E-state index contributed by atoms with van der Waals surface area (Å²) in [6.45, 7) is 1.68. The van der Waals surface area contributed by atoms with Gasteiger partial charge in [0.2, 0.25) is 0 Å². The fraction of sp³-hybridized carbons (Fsp3) is 0.200. The molecule has 0 radical (unpaired) electrons. The van der Waals surface area contributed by atoms with Crippen molar-refractivity contribution in [2.75, 3.05) is 0 Å². The Hall–Kier alpha value is -1.46. The molecule has 0 saturated heterocycles. The highest BCUT2D eigenvalue weighted by atomic mass is 35.5. The first-order valence-corrected chi connectivity index (χ1v) is 5.49. The molecule has 0 aliphatic heterocycles. The quantitative estimate of drug-likeness (QED) is 0.935. The van der Waals surface area contributed by atoms with Gasteiger partial charge in [0.1, 0.15) is 5.75 Å². The lowest BCUT2D eigenvalue weighted by molar-refractivity contribution is 0.186. The van der Waals surface area contributed by atoms with E-state index in [2.05, 4.69) is 10.2 Å². The second-order valence-corrected chi connectivity index (χ2v) is 4.13. The summed E-state index contributed by atoms with van der Waals surface area (Å²) in [6, 6.07) is 4.84. The molecule has 0 bridgehead atoms. The van der Waals surface area contributed by atoms with Crippen molar-refractivity contribution in [3.8, 4) is 5.75 Å². The van der Waals surface area contributed by atoms with Crippen LogP contribution in [0.3, 0.4) is 0 Å². The van der Waals surface area contributed by atoms with Gasteiger partial charge in [-0.3, -0.25) is 0 Å². The van der Waals surface area contributed by atoms with E-state index in [9.17, 15) is 4.79 Å². The van der Waals surface area contributed by atoms with Gasteiger partial charge in [0.15, 0.2) is 6.10 Å². The number of halogens is 2. The minimum Gasteiger partial charge on any atom is -0.479 e. The van der Waals surface area contributed by atoms with Gasteiger partial charge in [-0.2, -0.15) is 0 Å². The Morgan fingerprint density at radius 3 is 2.82 bits per heavy atom. The third-order valence-corrected chi connectivity index (χ3v) is 2.53. The van der Waals surface area contributed by atoms with Gasteiger partial charge in [0, 0.05) is 5.02 Å². The maximum absolute atomic E-state index is 10.8. The molecule has 7 heteroatoms. The molecule has 1 heterocycles. The lowest BCUT2D eigenvalue weighted by atomic mass is 10.3. The molecular formula is C10H8Cl2N2O3. The molecule has 0 aliphatic carbocycles. The van der Waals surface area contributed by atoms with Gasteiger partial charge in [-0.05, 0) is 25.1 Å². The number of ether oxygens (including phenoxy) is 1. The van der Waals surface area contributed by atoms with Crippen LogP contribution in [0.1, 0.15) is 18.9 Å². The maximum Gasteiger partial charge on any atom is 0.434 e. The summed E-state index contributed by atoms with van der Waals surface area (Å²) in [4.78, 5) is 10.8. The monoisotopic (exact) mass is 274 g/mol. The van der Waals surface area contributed by atoms with Crippen LogP contribution in [0.5, 0.6) is 5.75 Å². The smallest absolute Gasteiger partial charge is 0.434 e. The normalized spacial score (nSPS) is 12.4. The molecule has 0 aliphatic rings. The molecule has 17 heavy (non-hydrogen) atoms. The third-order valence-electron chi connectivity index (χ3n) is 2.00. The van der Waals surface area contributed by atoms with Gasteiger partial charge >= 0.3 is 5.76 Å². The van der Waals surface area contributed by atoms with Crippen molar-refractivity contribution < 1.29 is 9.15 Å². The van der Waals surface area contributed by atoms with E-state index in [0.29, 0.717) is 15.8 Å². The van der Waals surface area contributed by atoms with Crippen molar-refractivity contribution in [3.05, 3.63) is 44.7 Å². The van der Waals surface area contributed by atoms with Crippen LogP contribution in [-0.2, 0) is 0 Å². The van der Waals surface area contributed by atoms with Gasteiger partial charge < -0.3 is 9.15 Å². The SMILES string of the molecule is CC(Oc1ccc(Cl)cc1Cl)c1n[nH]c(=O)o1. The molecular weight excluding hydrogens is 267 g/mol. The summed E-state index contributed by atoms with van der Waals surface area (Å²) >= 11 is 11.7. The third kappa shape index (κ3) is 2.81. The van der Waals surface area contributed by atoms with Crippen LogP contribution in [0.2, 0.25) is 10.0 Å². The van der Waals surface area contributed by atoms with Crippen molar-refractivity contribution in [1.82, 2.24) is 10.2 Å². The highest BCUT2D eigenvalue weighted by Crippen LogP contribution is 2.30. The minimum atomic E-state index is -0.627. The van der Waals surface area contributed by atoms with E-state index < -0.39 is 11.9 Å². The molecule has 1 aromatic carbocycles. The van der Waals surface area contributed by atoms with Crippen LogP contribution in [0.4, 0.5) is 0 Å². The molecule has 1 N–H and O–H groups in total. The first-order valence-electron chi connectivity index (χ1n) is 4.73. The molecule has 0 saturated carbocycles. The van der Waals surface area contributed by atoms with E-state index in [1.165, 1.54) is 0 Å². The van der Waals surface area contributed by atoms with Crippen molar-refractivity contribution in [2.45, 2.75) is 13.0 Å². The molecule has 90 valence electrons. The molecule has 2 rings (SSSR count). The number of aromatic amines is 1. The second-order valence-electron chi connectivity index (χ2n) is 3.29. The summed E-state index contributed by atoms with van der Waals surface area (Å²) in [5.74, 6) is -0.0344. The number of aromatic nitrogens is 2. The maximum atomic E-state index is 10.8. The van der Waals surface area contributed by atoms with E-state index in [0.717, 1.165) is 0 Å². The van der Waals surface area contributed by atoms with Crippen LogP contribution < -0.4 is 10.5 Å². The highest BCUT2D eigenvalue weighted by molar-refractivity contribution is 6.35. The predicted octanol–water partition coefficient (Wildman–Crippen LogP) is 2.81. The van der Waals surface area contributed by atoms with Crippen LogP contribution in [0.25, 0.3) is 0 Å². The van der Waals surface area contributed by atoms with E-state index in [1.807, 2.05) is 0 Å². The van der Waals surface area contributed by atoms with E-state index in [-0.39, 0.29) is 5.89 Å². The Morgan fingerprint density at radius 2 is 2.24 bits per heavy atom. The number of nitrogens with zero attached hydrogens (tertiary/aromatic N) is 1. The van der Waals surface area contributed by atoms with Gasteiger partial charge in [0.25, 0.3) is 5.89 Å². The predicted molar refractivity (Wildman–Crippen MR) is 62.6 cm³/mol. The number of hydrogen-bond donors (Lipinski definition) is 1. The number of H-pyrrole nitrogens is 1. The lowest BCUT2D eigenvalue weighted by Gasteiger charge is -2.12. The summed E-state index contributed by atoms with van der Waals surface area (Å²) in [7, 11) is 0. The zero-order valence-electron chi connectivity index (χ0n) is 8.74. The molecule has 1 unspecified atom stereocenters. The van der Waals surface area contributed by atoms with Crippen molar-refractivity contribution >= 4 is 23.2 Å². The Balaban J connectivity index is 2.18. The molecule has 0 spiro atoms. The first-order chi connectivity index (χ1) is 8.06. The van der Waals surface area contributed by atoms with Crippen molar-refractivity contribution in [1.29, 1.82) is 0 Å².